The summed E-state index contributed by atoms with van der Waals surface area (Å²) >= 11 is 0. The van der Waals surface area contributed by atoms with Crippen molar-refractivity contribution in [3.63, 3.8) is 0 Å². The normalized spacial score (nSPS) is 10.5. The summed E-state index contributed by atoms with van der Waals surface area (Å²) in [6, 6.07) is 8.07. The number of aryl methyl sites for hydroxylation is 1. The lowest BCUT2D eigenvalue weighted by atomic mass is 10.2. The van der Waals surface area contributed by atoms with Crippen LogP contribution in [0.4, 0.5) is 17.3 Å². The third kappa shape index (κ3) is 3.70. The van der Waals surface area contributed by atoms with Crippen LogP contribution in [0.15, 0.2) is 24.3 Å². The van der Waals surface area contributed by atoms with E-state index in [1.165, 1.54) is 0 Å². The zero-order chi connectivity index (χ0) is 15.2. The molecule has 0 saturated carbocycles. The van der Waals surface area contributed by atoms with Gasteiger partial charge in [0, 0.05) is 30.5 Å². The molecule has 2 aromatic rings. The van der Waals surface area contributed by atoms with Gasteiger partial charge in [-0.15, -0.1) is 0 Å². The predicted molar refractivity (Wildman–Crippen MR) is 86.1 cm³/mol. The fourth-order valence-electron chi connectivity index (χ4n) is 2.14. The maximum Gasteiger partial charge on any atom is 0.139 e. The molecule has 2 rings (SSSR count). The quantitative estimate of drug-likeness (QED) is 0.852. The molecular formula is C16H22N4O. The molecule has 0 aliphatic rings. The van der Waals surface area contributed by atoms with Gasteiger partial charge in [0.05, 0.1) is 6.61 Å². The highest BCUT2D eigenvalue weighted by atomic mass is 16.5. The number of methoxy groups -OCH3 is 1. The van der Waals surface area contributed by atoms with Gasteiger partial charge in [-0.25, -0.2) is 9.97 Å². The van der Waals surface area contributed by atoms with Crippen molar-refractivity contribution < 1.29 is 4.74 Å². The number of para-hydroxylation sites is 1. The second kappa shape index (κ2) is 7.04. The van der Waals surface area contributed by atoms with Crippen LogP contribution in [0, 0.1) is 13.8 Å². The van der Waals surface area contributed by atoms with Gasteiger partial charge in [-0.3, -0.25) is 0 Å². The fourth-order valence-corrected chi connectivity index (χ4v) is 2.14. The Bertz CT molecular complexity index is 613. The molecule has 1 aromatic carbocycles. The number of ether oxygens (including phenoxy) is 1. The van der Waals surface area contributed by atoms with Gasteiger partial charge < -0.3 is 15.4 Å². The van der Waals surface area contributed by atoms with E-state index in [-0.39, 0.29) is 0 Å². The monoisotopic (exact) mass is 286 g/mol. The highest BCUT2D eigenvalue weighted by molar-refractivity contribution is 5.66. The summed E-state index contributed by atoms with van der Waals surface area (Å²) in [5.74, 6) is 2.43. The van der Waals surface area contributed by atoms with Gasteiger partial charge in [0.1, 0.15) is 17.5 Å². The van der Waals surface area contributed by atoms with Crippen molar-refractivity contribution in [2.45, 2.75) is 27.4 Å². The number of benzene rings is 1. The van der Waals surface area contributed by atoms with Crippen molar-refractivity contribution in [1.82, 2.24) is 9.97 Å². The summed E-state index contributed by atoms with van der Waals surface area (Å²) in [6.45, 7) is 7.35. The van der Waals surface area contributed by atoms with Crippen LogP contribution in [0.5, 0.6) is 0 Å². The Labute approximate surface area is 125 Å². The van der Waals surface area contributed by atoms with Crippen molar-refractivity contribution in [1.29, 1.82) is 0 Å². The van der Waals surface area contributed by atoms with Crippen LogP contribution in [0.3, 0.4) is 0 Å². The molecule has 5 heteroatoms. The number of rotatable bonds is 6. The van der Waals surface area contributed by atoms with Crippen molar-refractivity contribution in [3.05, 3.63) is 41.2 Å². The molecule has 0 spiro atoms. The van der Waals surface area contributed by atoms with Crippen molar-refractivity contribution in [2.24, 2.45) is 0 Å². The zero-order valence-corrected chi connectivity index (χ0v) is 13.0. The highest BCUT2D eigenvalue weighted by Gasteiger charge is 2.10. The van der Waals surface area contributed by atoms with Gasteiger partial charge in [-0.1, -0.05) is 18.2 Å². The van der Waals surface area contributed by atoms with Crippen LogP contribution in [0.25, 0.3) is 0 Å². The molecule has 0 amide bonds. The van der Waals surface area contributed by atoms with Crippen LogP contribution in [0.1, 0.15) is 23.9 Å². The van der Waals surface area contributed by atoms with Crippen LogP contribution in [0.2, 0.25) is 0 Å². The Balaban J connectivity index is 2.35. The lowest BCUT2D eigenvalue weighted by Gasteiger charge is -2.15. The molecule has 0 fully saturated rings. The zero-order valence-electron chi connectivity index (χ0n) is 13.0. The lowest BCUT2D eigenvalue weighted by Crippen LogP contribution is -2.08. The first-order valence-electron chi connectivity index (χ1n) is 7.08. The third-order valence-corrected chi connectivity index (χ3v) is 3.17. The number of aromatic nitrogens is 2. The molecule has 0 unspecified atom stereocenters. The average molecular weight is 286 g/mol. The van der Waals surface area contributed by atoms with E-state index in [2.05, 4.69) is 27.5 Å². The van der Waals surface area contributed by atoms with Gasteiger partial charge in [-0.05, 0) is 26.8 Å². The fraction of sp³-hybridized carbons (Fsp3) is 0.375. The third-order valence-electron chi connectivity index (χ3n) is 3.17. The summed E-state index contributed by atoms with van der Waals surface area (Å²) < 4.78 is 5.24. The van der Waals surface area contributed by atoms with Gasteiger partial charge in [-0.2, -0.15) is 0 Å². The summed E-state index contributed by atoms with van der Waals surface area (Å²) in [5, 5.41) is 6.66. The Morgan fingerprint density at radius 2 is 1.81 bits per heavy atom. The lowest BCUT2D eigenvalue weighted by molar-refractivity contribution is 0.185. The molecule has 2 N–H and O–H groups in total. The first-order valence-corrected chi connectivity index (χ1v) is 7.08. The van der Waals surface area contributed by atoms with Crippen molar-refractivity contribution >= 4 is 17.3 Å². The molecule has 0 bridgehead atoms. The van der Waals surface area contributed by atoms with E-state index in [4.69, 9.17) is 4.74 Å². The maximum atomic E-state index is 5.24. The Morgan fingerprint density at radius 1 is 1.10 bits per heavy atom. The SMILES string of the molecule is CCNc1nc(C)nc(Nc2ccccc2COC)c1C. The van der Waals surface area contributed by atoms with Crippen molar-refractivity contribution in [3.8, 4) is 0 Å². The molecule has 0 radical (unpaired) electrons. The van der Waals surface area contributed by atoms with Crippen molar-refractivity contribution in [2.75, 3.05) is 24.3 Å². The van der Waals surface area contributed by atoms with Crippen LogP contribution in [-0.4, -0.2) is 23.6 Å². The van der Waals surface area contributed by atoms with Crippen LogP contribution < -0.4 is 10.6 Å². The molecule has 0 saturated heterocycles. The topological polar surface area (TPSA) is 59.1 Å². The van der Waals surface area contributed by atoms with E-state index in [1.54, 1.807) is 7.11 Å². The molecule has 21 heavy (non-hydrogen) atoms. The van der Waals surface area contributed by atoms with E-state index in [9.17, 15) is 0 Å². The van der Waals surface area contributed by atoms with Gasteiger partial charge >= 0.3 is 0 Å². The number of anilines is 3. The summed E-state index contributed by atoms with van der Waals surface area (Å²) in [6.07, 6.45) is 0. The van der Waals surface area contributed by atoms with E-state index in [1.807, 2.05) is 38.1 Å². The van der Waals surface area contributed by atoms with Crippen LogP contribution >= 0.6 is 0 Å². The number of nitrogens with one attached hydrogen (secondary N) is 2. The summed E-state index contributed by atoms with van der Waals surface area (Å²) in [5.41, 5.74) is 3.11. The maximum absolute atomic E-state index is 5.24. The molecule has 0 aliphatic heterocycles. The summed E-state index contributed by atoms with van der Waals surface area (Å²) in [4.78, 5) is 8.95. The van der Waals surface area contributed by atoms with E-state index >= 15 is 0 Å². The van der Waals surface area contributed by atoms with Crippen LogP contribution in [-0.2, 0) is 11.3 Å². The first kappa shape index (κ1) is 15.3. The van der Waals surface area contributed by atoms with E-state index in [0.29, 0.717) is 6.61 Å². The minimum absolute atomic E-state index is 0.562. The molecule has 0 atom stereocenters. The van der Waals surface area contributed by atoms with E-state index < -0.39 is 0 Å². The molecular weight excluding hydrogens is 264 g/mol. The minimum atomic E-state index is 0.562. The minimum Gasteiger partial charge on any atom is -0.380 e. The second-order valence-electron chi connectivity index (χ2n) is 4.84. The number of nitrogens with zero attached hydrogens (tertiary/aromatic N) is 2. The standard InChI is InChI=1S/C16H22N4O/c1-5-17-15-11(2)16(19-12(3)18-15)20-14-9-7-6-8-13(14)10-21-4/h6-9H,5,10H2,1-4H3,(H2,17,18,19,20). The predicted octanol–water partition coefficient (Wildman–Crippen LogP) is 3.42. The average Bonchev–Trinajstić information content (AvgIpc) is 2.46. The van der Waals surface area contributed by atoms with Gasteiger partial charge in [0.2, 0.25) is 0 Å². The molecule has 1 heterocycles. The smallest absolute Gasteiger partial charge is 0.139 e. The van der Waals surface area contributed by atoms with E-state index in [0.717, 1.165) is 40.8 Å². The summed E-state index contributed by atoms with van der Waals surface area (Å²) in [7, 11) is 1.69. The van der Waals surface area contributed by atoms with Gasteiger partial charge in [0.15, 0.2) is 0 Å². The highest BCUT2D eigenvalue weighted by Crippen LogP contribution is 2.25. The molecule has 0 aliphatic carbocycles. The largest absolute Gasteiger partial charge is 0.380 e. The molecule has 5 nitrogen and oxygen atoms in total. The Morgan fingerprint density at radius 3 is 2.52 bits per heavy atom. The van der Waals surface area contributed by atoms with Gasteiger partial charge in [0.25, 0.3) is 0 Å². The second-order valence-corrected chi connectivity index (χ2v) is 4.84. The number of hydrogen-bond donors (Lipinski definition) is 2. The Hall–Kier alpha value is -2.14. The molecule has 112 valence electrons. The Kier molecular flexibility index (Phi) is 5.11. The first-order chi connectivity index (χ1) is 10.2. The number of hydrogen-bond acceptors (Lipinski definition) is 5. The molecule has 1 aromatic heterocycles.